The average molecular weight is 164 g/mol. The Hall–Kier alpha value is -0.850. The van der Waals surface area contributed by atoms with E-state index < -0.39 is 0 Å². The molecule has 0 radical (unpaired) electrons. The molecule has 0 amide bonds. The summed E-state index contributed by atoms with van der Waals surface area (Å²) < 4.78 is 0. The Kier molecular flexibility index (Phi) is 2.51. The molecule has 0 aromatic carbocycles. The van der Waals surface area contributed by atoms with Crippen LogP contribution in [0.5, 0.6) is 0 Å². The van der Waals surface area contributed by atoms with Crippen LogP contribution >= 0.6 is 0 Å². The zero-order valence-corrected chi connectivity index (χ0v) is 8.05. The second kappa shape index (κ2) is 3.26. The van der Waals surface area contributed by atoms with Crippen molar-refractivity contribution in [1.82, 2.24) is 0 Å². The molecule has 1 aliphatic rings. The second-order valence-corrected chi connectivity index (χ2v) is 4.02. The van der Waals surface area contributed by atoms with Crippen LogP contribution in [-0.2, 0) is 4.79 Å². The van der Waals surface area contributed by atoms with Crippen LogP contribution in [0.4, 0.5) is 0 Å². The highest BCUT2D eigenvalue weighted by Crippen LogP contribution is 2.37. The van der Waals surface area contributed by atoms with Gasteiger partial charge in [0.05, 0.1) is 0 Å². The van der Waals surface area contributed by atoms with E-state index in [4.69, 9.17) is 0 Å². The van der Waals surface area contributed by atoms with Gasteiger partial charge in [-0.25, -0.2) is 0 Å². The summed E-state index contributed by atoms with van der Waals surface area (Å²) in [7, 11) is 0. The van der Waals surface area contributed by atoms with Crippen molar-refractivity contribution in [3.8, 4) is 0 Å². The van der Waals surface area contributed by atoms with Crippen molar-refractivity contribution in [2.24, 2.45) is 5.41 Å². The maximum atomic E-state index is 10.4. The van der Waals surface area contributed by atoms with Crippen LogP contribution in [0.3, 0.4) is 0 Å². The van der Waals surface area contributed by atoms with Gasteiger partial charge >= 0.3 is 0 Å². The Morgan fingerprint density at radius 3 is 2.75 bits per heavy atom. The van der Waals surface area contributed by atoms with Crippen molar-refractivity contribution < 1.29 is 4.79 Å². The minimum absolute atomic E-state index is 0.180. The molecule has 0 aromatic heterocycles. The largest absolute Gasteiger partial charge is 0.303 e. The summed E-state index contributed by atoms with van der Waals surface area (Å²) in [5.74, 6) is 0. The lowest BCUT2D eigenvalue weighted by Gasteiger charge is -2.30. The lowest BCUT2D eigenvalue weighted by atomic mass is 9.75. The fraction of sp³-hybridized carbons (Fsp3) is 0.545. The van der Waals surface area contributed by atoms with Crippen molar-refractivity contribution in [3.63, 3.8) is 0 Å². The van der Waals surface area contributed by atoms with E-state index >= 15 is 0 Å². The van der Waals surface area contributed by atoms with Gasteiger partial charge in [-0.2, -0.15) is 0 Å². The Bertz CT molecular complexity index is 244. The third kappa shape index (κ3) is 1.66. The molecule has 12 heavy (non-hydrogen) atoms. The molecule has 0 N–H and O–H groups in total. The third-order valence-electron chi connectivity index (χ3n) is 2.58. The first-order chi connectivity index (χ1) is 5.58. The summed E-state index contributed by atoms with van der Waals surface area (Å²) in [5.41, 5.74) is 2.73. The molecule has 1 rings (SSSR count). The smallest absolute Gasteiger partial charge is 0.124 e. The molecule has 0 saturated carbocycles. The standard InChI is InChI=1S/C11H16O/c1-9-5-4-7-11(2,3)10(9)6-8-12/h4-5,8H,6-7H2,1-3H3. The normalized spacial score (nSPS) is 21.2. The van der Waals surface area contributed by atoms with Gasteiger partial charge in [0.25, 0.3) is 0 Å². The predicted molar refractivity (Wildman–Crippen MR) is 50.9 cm³/mol. The van der Waals surface area contributed by atoms with E-state index in [2.05, 4.69) is 32.9 Å². The molecule has 0 atom stereocenters. The molecule has 0 unspecified atom stereocenters. The first-order valence-electron chi connectivity index (χ1n) is 4.38. The quantitative estimate of drug-likeness (QED) is 0.573. The summed E-state index contributed by atoms with van der Waals surface area (Å²) >= 11 is 0. The first kappa shape index (κ1) is 9.24. The highest BCUT2D eigenvalue weighted by Gasteiger charge is 2.24. The van der Waals surface area contributed by atoms with Crippen LogP contribution < -0.4 is 0 Å². The first-order valence-corrected chi connectivity index (χ1v) is 4.38. The fourth-order valence-corrected chi connectivity index (χ4v) is 1.81. The van der Waals surface area contributed by atoms with Crippen molar-refractivity contribution in [3.05, 3.63) is 23.3 Å². The molecule has 1 heteroatoms. The van der Waals surface area contributed by atoms with Gasteiger partial charge in [-0.15, -0.1) is 0 Å². The molecule has 0 aromatic rings. The number of hydrogen-bond donors (Lipinski definition) is 0. The number of rotatable bonds is 2. The summed E-state index contributed by atoms with van der Waals surface area (Å²) in [4.78, 5) is 10.4. The van der Waals surface area contributed by atoms with E-state index in [1.165, 1.54) is 11.1 Å². The van der Waals surface area contributed by atoms with E-state index in [9.17, 15) is 4.79 Å². The van der Waals surface area contributed by atoms with Crippen LogP contribution in [-0.4, -0.2) is 6.29 Å². The molecular weight excluding hydrogens is 148 g/mol. The number of aldehydes is 1. The molecule has 0 bridgehead atoms. The third-order valence-corrected chi connectivity index (χ3v) is 2.58. The lowest BCUT2D eigenvalue weighted by Crippen LogP contribution is -2.18. The minimum atomic E-state index is 0.180. The molecule has 66 valence electrons. The Balaban J connectivity index is 2.98. The van der Waals surface area contributed by atoms with E-state index in [1.54, 1.807) is 0 Å². The highest BCUT2D eigenvalue weighted by molar-refractivity contribution is 5.57. The number of hydrogen-bond acceptors (Lipinski definition) is 1. The second-order valence-electron chi connectivity index (χ2n) is 4.02. The molecule has 0 heterocycles. The Morgan fingerprint density at radius 2 is 2.25 bits per heavy atom. The summed E-state index contributed by atoms with van der Waals surface area (Å²) in [5, 5.41) is 0. The predicted octanol–water partition coefficient (Wildman–Crippen LogP) is 2.88. The van der Waals surface area contributed by atoms with Crippen LogP contribution in [0.15, 0.2) is 23.3 Å². The van der Waals surface area contributed by atoms with E-state index in [-0.39, 0.29) is 5.41 Å². The summed E-state index contributed by atoms with van der Waals surface area (Å²) in [6.45, 7) is 6.47. The van der Waals surface area contributed by atoms with Gasteiger partial charge in [0.15, 0.2) is 0 Å². The number of carbonyl (C=O) groups excluding carboxylic acids is 1. The monoisotopic (exact) mass is 164 g/mol. The maximum absolute atomic E-state index is 10.4. The molecule has 0 spiro atoms. The van der Waals surface area contributed by atoms with Gasteiger partial charge < -0.3 is 4.79 Å². The summed E-state index contributed by atoms with van der Waals surface area (Å²) in [6, 6.07) is 0. The summed E-state index contributed by atoms with van der Waals surface area (Å²) in [6.07, 6.45) is 6.93. The molecule has 1 aliphatic carbocycles. The Labute approximate surface area is 74.2 Å². The molecule has 0 aliphatic heterocycles. The number of allylic oxidation sites excluding steroid dienone is 4. The van der Waals surface area contributed by atoms with Gasteiger partial charge in [-0.05, 0) is 18.8 Å². The van der Waals surface area contributed by atoms with Gasteiger partial charge in [0.1, 0.15) is 6.29 Å². The van der Waals surface area contributed by atoms with E-state index in [1.807, 2.05) is 0 Å². The highest BCUT2D eigenvalue weighted by atomic mass is 16.1. The van der Waals surface area contributed by atoms with Gasteiger partial charge in [-0.1, -0.05) is 37.1 Å². The molecule has 0 saturated heterocycles. The zero-order valence-electron chi connectivity index (χ0n) is 8.05. The van der Waals surface area contributed by atoms with Crippen LogP contribution in [0, 0.1) is 5.41 Å². The Morgan fingerprint density at radius 1 is 1.58 bits per heavy atom. The molecule has 0 fully saturated rings. The minimum Gasteiger partial charge on any atom is -0.303 e. The maximum Gasteiger partial charge on any atom is 0.124 e. The van der Waals surface area contributed by atoms with Crippen LogP contribution in [0.1, 0.15) is 33.6 Å². The van der Waals surface area contributed by atoms with Crippen molar-refractivity contribution in [1.29, 1.82) is 0 Å². The van der Waals surface area contributed by atoms with Gasteiger partial charge in [0.2, 0.25) is 0 Å². The molecular formula is C11H16O. The topological polar surface area (TPSA) is 17.1 Å². The van der Waals surface area contributed by atoms with Gasteiger partial charge in [-0.3, -0.25) is 0 Å². The lowest BCUT2D eigenvalue weighted by molar-refractivity contribution is -0.107. The zero-order chi connectivity index (χ0) is 9.19. The van der Waals surface area contributed by atoms with Crippen molar-refractivity contribution in [2.75, 3.05) is 0 Å². The number of carbonyl (C=O) groups is 1. The fourth-order valence-electron chi connectivity index (χ4n) is 1.81. The van der Waals surface area contributed by atoms with Gasteiger partial charge in [0, 0.05) is 6.42 Å². The van der Waals surface area contributed by atoms with Crippen molar-refractivity contribution in [2.45, 2.75) is 33.6 Å². The molecule has 1 nitrogen and oxygen atoms in total. The van der Waals surface area contributed by atoms with Crippen molar-refractivity contribution >= 4 is 6.29 Å². The van der Waals surface area contributed by atoms with Crippen LogP contribution in [0.2, 0.25) is 0 Å². The van der Waals surface area contributed by atoms with E-state index in [0.29, 0.717) is 6.42 Å². The van der Waals surface area contributed by atoms with E-state index in [0.717, 1.165) is 12.7 Å². The average Bonchev–Trinajstić information content (AvgIpc) is 1.97. The van der Waals surface area contributed by atoms with Crippen LogP contribution in [0.25, 0.3) is 0 Å². The SMILES string of the molecule is CC1=C(CC=O)C(C)(C)CC=C1.